The van der Waals surface area contributed by atoms with E-state index in [1.165, 1.54) is 0 Å². The smallest absolute Gasteiger partial charge is 0.254 e. The highest BCUT2D eigenvalue weighted by atomic mass is 16.5. The summed E-state index contributed by atoms with van der Waals surface area (Å²) in [5.41, 5.74) is 9.47. The third-order valence-corrected chi connectivity index (χ3v) is 4.53. The number of carbonyl (C=O) groups is 1. The number of benzene rings is 1. The van der Waals surface area contributed by atoms with Crippen molar-refractivity contribution in [3.8, 4) is 0 Å². The molecule has 1 aliphatic heterocycles. The Kier molecular flexibility index (Phi) is 6.01. The third-order valence-electron chi connectivity index (χ3n) is 4.53. The quantitative estimate of drug-likeness (QED) is 0.794. The van der Waals surface area contributed by atoms with Crippen LogP contribution < -0.4 is 5.73 Å². The lowest BCUT2D eigenvalue weighted by atomic mass is 9.96. The molecule has 2 rings (SSSR count). The van der Waals surface area contributed by atoms with E-state index in [4.69, 9.17) is 10.5 Å². The lowest BCUT2D eigenvalue weighted by Crippen LogP contribution is -2.58. The number of morpholine rings is 1. The number of hydrogen-bond donors (Lipinski definition) is 1. The van der Waals surface area contributed by atoms with Crippen LogP contribution in [0.3, 0.4) is 0 Å². The maximum absolute atomic E-state index is 13.0. The minimum absolute atomic E-state index is 0.0276. The van der Waals surface area contributed by atoms with Gasteiger partial charge < -0.3 is 15.4 Å². The number of ether oxygens (including phenoxy) is 1. The van der Waals surface area contributed by atoms with E-state index in [1.54, 1.807) is 0 Å². The van der Waals surface area contributed by atoms with Gasteiger partial charge in [0, 0.05) is 24.4 Å². The molecule has 2 N–H and O–H groups in total. The van der Waals surface area contributed by atoms with E-state index >= 15 is 0 Å². The number of carbonyl (C=O) groups excluding carboxylic acids is 1. The van der Waals surface area contributed by atoms with Crippen molar-refractivity contribution < 1.29 is 9.53 Å². The molecule has 27 heavy (non-hydrogen) atoms. The minimum atomic E-state index is -0.364. The summed E-state index contributed by atoms with van der Waals surface area (Å²) >= 11 is 0. The Labute approximate surface area is 163 Å². The first kappa shape index (κ1) is 21.0. The van der Waals surface area contributed by atoms with Gasteiger partial charge in [0.15, 0.2) is 0 Å². The van der Waals surface area contributed by atoms with E-state index in [-0.39, 0.29) is 17.1 Å². The molecule has 4 nitrogen and oxygen atoms in total. The normalized spacial score (nSPS) is 19.7. The fraction of sp³-hybridized carbons (Fsp3) is 0.435. The number of amides is 1. The molecule has 0 atom stereocenters. The number of rotatable bonds is 4. The highest BCUT2D eigenvalue weighted by Crippen LogP contribution is 2.29. The Morgan fingerprint density at radius 3 is 2.04 bits per heavy atom. The summed E-state index contributed by atoms with van der Waals surface area (Å²) in [6.07, 6.45) is 3.76. The maximum Gasteiger partial charge on any atom is 0.254 e. The maximum atomic E-state index is 13.0. The summed E-state index contributed by atoms with van der Waals surface area (Å²) in [5, 5.41) is 0. The highest BCUT2D eigenvalue weighted by Gasteiger charge is 2.40. The summed E-state index contributed by atoms with van der Waals surface area (Å²) in [7, 11) is 0. The molecule has 1 aromatic carbocycles. The predicted octanol–water partition coefficient (Wildman–Crippen LogP) is 4.54. The second-order valence-corrected chi connectivity index (χ2v) is 8.49. The van der Waals surface area contributed by atoms with Crippen molar-refractivity contribution in [1.82, 2.24) is 4.90 Å². The van der Waals surface area contributed by atoms with Crippen molar-refractivity contribution in [2.24, 2.45) is 5.73 Å². The number of allylic oxidation sites excluding steroid dienone is 4. The van der Waals surface area contributed by atoms with Gasteiger partial charge in [-0.25, -0.2) is 0 Å². The van der Waals surface area contributed by atoms with Crippen LogP contribution in [0.15, 0.2) is 54.3 Å². The van der Waals surface area contributed by atoms with Gasteiger partial charge in [-0.2, -0.15) is 0 Å². The van der Waals surface area contributed by atoms with Gasteiger partial charge >= 0.3 is 0 Å². The SMILES string of the molecule is C=C(C)/C(=C\C(N)=CC)c1ccc(C(=O)N2CC(C)(C)OC(C)(C)C2)cc1. The zero-order valence-corrected chi connectivity index (χ0v) is 17.4. The molecule has 0 unspecified atom stereocenters. The average Bonchev–Trinajstić information content (AvgIpc) is 2.56. The van der Waals surface area contributed by atoms with E-state index in [9.17, 15) is 4.79 Å². The Morgan fingerprint density at radius 2 is 1.59 bits per heavy atom. The van der Waals surface area contributed by atoms with Gasteiger partial charge in [0.2, 0.25) is 0 Å². The lowest BCUT2D eigenvalue weighted by molar-refractivity contribution is -0.171. The molecule has 4 heteroatoms. The standard InChI is InChI=1S/C23H32N2O2/c1-8-19(24)13-20(16(2)3)17-9-11-18(12-10-17)21(26)25-14-22(4,5)27-23(6,7)15-25/h8-13H,2,14-15,24H2,1,3-7H3/b19-8?,20-13+. The van der Waals surface area contributed by atoms with Gasteiger partial charge in [-0.05, 0) is 70.9 Å². The molecule has 1 aliphatic rings. The van der Waals surface area contributed by atoms with Crippen LogP contribution in [0.2, 0.25) is 0 Å². The van der Waals surface area contributed by atoms with Gasteiger partial charge in [0.05, 0.1) is 11.2 Å². The van der Waals surface area contributed by atoms with Crippen LogP contribution in [0.5, 0.6) is 0 Å². The fourth-order valence-electron chi connectivity index (χ4n) is 3.61. The summed E-state index contributed by atoms with van der Waals surface area (Å²) < 4.78 is 6.07. The molecular formula is C23H32N2O2. The van der Waals surface area contributed by atoms with Crippen LogP contribution >= 0.6 is 0 Å². The molecule has 1 saturated heterocycles. The van der Waals surface area contributed by atoms with Gasteiger partial charge in [-0.15, -0.1) is 0 Å². The number of hydrogen-bond acceptors (Lipinski definition) is 3. The summed E-state index contributed by atoms with van der Waals surface area (Å²) in [6.45, 7) is 17.1. The van der Waals surface area contributed by atoms with E-state index in [0.717, 1.165) is 16.7 Å². The van der Waals surface area contributed by atoms with Crippen LogP contribution in [0.25, 0.3) is 5.57 Å². The van der Waals surface area contributed by atoms with Crippen LogP contribution in [-0.4, -0.2) is 35.1 Å². The largest absolute Gasteiger partial charge is 0.399 e. The first-order chi connectivity index (χ1) is 12.4. The second-order valence-electron chi connectivity index (χ2n) is 8.49. The molecule has 1 fully saturated rings. The van der Waals surface area contributed by atoms with Crippen molar-refractivity contribution in [3.63, 3.8) is 0 Å². The van der Waals surface area contributed by atoms with Crippen molar-refractivity contribution in [3.05, 3.63) is 65.4 Å². The zero-order valence-electron chi connectivity index (χ0n) is 17.4. The summed E-state index contributed by atoms with van der Waals surface area (Å²) in [4.78, 5) is 14.9. The van der Waals surface area contributed by atoms with Gasteiger partial charge in [0.1, 0.15) is 0 Å². The van der Waals surface area contributed by atoms with Gasteiger partial charge in [0.25, 0.3) is 5.91 Å². The van der Waals surface area contributed by atoms with Crippen molar-refractivity contribution in [1.29, 1.82) is 0 Å². The van der Waals surface area contributed by atoms with Crippen LogP contribution in [0.1, 0.15) is 57.5 Å². The molecular weight excluding hydrogens is 336 g/mol. The first-order valence-corrected chi connectivity index (χ1v) is 9.33. The molecule has 0 aromatic heterocycles. The number of nitrogens with zero attached hydrogens (tertiary/aromatic N) is 1. The molecule has 146 valence electrons. The van der Waals surface area contributed by atoms with Crippen molar-refractivity contribution in [2.75, 3.05) is 13.1 Å². The monoisotopic (exact) mass is 368 g/mol. The Hall–Kier alpha value is -2.33. The molecule has 0 bridgehead atoms. The molecule has 0 saturated carbocycles. The minimum Gasteiger partial charge on any atom is -0.399 e. The van der Waals surface area contributed by atoms with Crippen molar-refractivity contribution in [2.45, 2.75) is 52.7 Å². The van der Waals surface area contributed by atoms with E-state index in [0.29, 0.717) is 24.4 Å². The molecule has 1 heterocycles. The first-order valence-electron chi connectivity index (χ1n) is 9.33. The topological polar surface area (TPSA) is 55.6 Å². The summed E-state index contributed by atoms with van der Waals surface area (Å²) in [5.74, 6) is 0.0276. The van der Waals surface area contributed by atoms with E-state index < -0.39 is 0 Å². The summed E-state index contributed by atoms with van der Waals surface area (Å²) in [6, 6.07) is 7.65. The Bertz CT molecular complexity index is 767. The van der Waals surface area contributed by atoms with Crippen LogP contribution in [-0.2, 0) is 4.74 Å². The predicted molar refractivity (Wildman–Crippen MR) is 112 cm³/mol. The lowest BCUT2D eigenvalue weighted by Gasteiger charge is -2.47. The van der Waals surface area contributed by atoms with Gasteiger partial charge in [-0.3, -0.25) is 4.79 Å². The van der Waals surface area contributed by atoms with E-state index in [2.05, 4.69) is 6.58 Å². The van der Waals surface area contributed by atoms with E-state index in [1.807, 2.05) is 82.9 Å². The van der Waals surface area contributed by atoms with Gasteiger partial charge in [-0.1, -0.05) is 30.4 Å². The molecule has 1 amide bonds. The molecule has 0 radical (unpaired) electrons. The Morgan fingerprint density at radius 1 is 1.11 bits per heavy atom. The second kappa shape index (κ2) is 7.73. The third kappa shape index (κ3) is 5.33. The van der Waals surface area contributed by atoms with Crippen LogP contribution in [0, 0.1) is 0 Å². The molecule has 1 aromatic rings. The Balaban J connectivity index is 2.27. The fourth-order valence-corrected chi connectivity index (χ4v) is 3.61. The average molecular weight is 369 g/mol. The zero-order chi connectivity index (χ0) is 20.4. The van der Waals surface area contributed by atoms with Crippen molar-refractivity contribution >= 4 is 11.5 Å². The molecule has 0 aliphatic carbocycles. The number of nitrogens with two attached hydrogens (primary N) is 1. The van der Waals surface area contributed by atoms with Crippen LogP contribution in [0.4, 0.5) is 0 Å². The molecule has 0 spiro atoms. The highest BCUT2D eigenvalue weighted by molar-refractivity contribution is 5.95.